The Kier molecular flexibility index (Phi) is 3.92. The zero-order valence-electron chi connectivity index (χ0n) is 8.45. The molecule has 1 saturated carbocycles. The lowest BCUT2D eigenvalue weighted by atomic mass is 9.83. The molecule has 0 heterocycles. The van der Waals surface area contributed by atoms with Crippen LogP contribution in [0, 0.1) is 5.92 Å². The van der Waals surface area contributed by atoms with E-state index in [9.17, 15) is 9.59 Å². The van der Waals surface area contributed by atoms with Crippen molar-refractivity contribution in [3.63, 3.8) is 0 Å². The SMILES string of the molecule is CC[C@@H](NC(=O)CC1CCC1)C(=O)O. The molecule has 0 saturated heterocycles. The summed E-state index contributed by atoms with van der Waals surface area (Å²) in [6.45, 7) is 1.75. The monoisotopic (exact) mass is 199 g/mol. The minimum atomic E-state index is -0.950. The number of carbonyl (C=O) groups is 2. The van der Waals surface area contributed by atoms with Gasteiger partial charge in [0.2, 0.25) is 5.91 Å². The number of aliphatic carboxylic acids is 1. The molecule has 1 aliphatic carbocycles. The Morgan fingerprint density at radius 3 is 2.50 bits per heavy atom. The minimum absolute atomic E-state index is 0.121. The van der Waals surface area contributed by atoms with E-state index in [-0.39, 0.29) is 5.91 Å². The summed E-state index contributed by atoms with van der Waals surface area (Å²) in [5.74, 6) is -0.584. The molecule has 0 aromatic carbocycles. The molecule has 1 amide bonds. The lowest BCUT2D eigenvalue weighted by molar-refractivity contribution is -0.142. The van der Waals surface area contributed by atoms with Crippen molar-refractivity contribution in [3.05, 3.63) is 0 Å². The number of hydrogen-bond donors (Lipinski definition) is 2. The zero-order valence-corrected chi connectivity index (χ0v) is 8.45. The van der Waals surface area contributed by atoms with E-state index in [0.29, 0.717) is 18.8 Å². The second-order valence-electron chi connectivity index (χ2n) is 3.87. The predicted molar refractivity (Wildman–Crippen MR) is 51.8 cm³/mol. The molecular weight excluding hydrogens is 182 g/mol. The molecule has 1 fully saturated rings. The number of carbonyl (C=O) groups excluding carboxylic acids is 1. The third-order valence-corrected chi connectivity index (χ3v) is 2.74. The van der Waals surface area contributed by atoms with Gasteiger partial charge in [0.1, 0.15) is 6.04 Å². The van der Waals surface area contributed by atoms with Crippen LogP contribution in [0.5, 0.6) is 0 Å². The number of nitrogens with one attached hydrogen (secondary N) is 1. The Labute approximate surface area is 83.7 Å². The fourth-order valence-electron chi connectivity index (χ4n) is 1.55. The van der Waals surface area contributed by atoms with Crippen LogP contribution in [0.15, 0.2) is 0 Å². The number of rotatable bonds is 5. The Morgan fingerprint density at radius 2 is 2.14 bits per heavy atom. The molecule has 1 atom stereocenters. The van der Waals surface area contributed by atoms with Crippen LogP contribution in [0.2, 0.25) is 0 Å². The minimum Gasteiger partial charge on any atom is -0.480 e. The van der Waals surface area contributed by atoms with Gasteiger partial charge in [-0.2, -0.15) is 0 Å². The molecule has 0 bridgehead atoms. The summed E-state index contributed by atoms with van der Waals surface area (Å²) in [6.07, 6.45) is 4.35. The van der Waals surface area contributed by atoms with Crippen LogP contribution in [0.25, 0.3) is 0 Å². The number of hydrogen-bond acceptors (Lipinski definition) is 2. The molecule has 14 heavy (non-hydrogen) atoms. The summed E-state index contributed by atoms with van der Waals surface area (Å²) in [4.78, 5) is 22.0. The van der Waals surface area contributed by atoms with Crippen LogP contribution in [-0.2, 0) is 9.59 Å². The average Bonchev–Trinajstić information content (AvgIpc) is 2.07. The van der Waals surface area contributed by atoms with Crippen molar-refractivity contribution in [2.75, 3.05) is 0 Å². The maximum Gasteiger partial charge on any atom is 0.326 e. The van der Waals surface area contributed by atoms with Crippen LogP contribution in [0.3, 0.4) is 0 Å². The summed E-state index contributed by atoms with van der Waals surface area (Å²) in [7, 11) is 0. The van der Waals surface area contributed by atoms with Gasteiger partial charge >= 0.3 is 5.97 Å². The average molecular weight is 199 g/mol. The number of carboxylic acid groups (broad SMARTS) is 1. The van der Waals surface area contributed by atoms with Gasteiger partial charge in [-0.3, -0.25) is 4.79 Å². The zero-order chi connectivity index (χ0) is 10.6. The maximum absolute atomic E-state index is 11.3. The third kappa shape index (κ3) is 3.01. The second kappa shape index (κ2) is 4.98. The summed E-state index contributed by atoms with van der Waals surface area (Å²) in [5.41, 5.74) is 0. The van der Waals surface area contributed by atoms with Crippen molar-refractivity contribution in [2.45, 2.75) is 45.1 Å². The Morgan fingerprint density at radius 1 is 1.50 bits per heavy atom. The maximum atomic E-state index is 11.3. The molecule has 0 aromatic rings. The van der Waals surface area contributed by atoms with E-state index in [2.05, 4.69) is 5.32 Å². The first-order valence-electron chi connectivity index (χ1n) is 5.15. The molecule has 1 aliphatic rings. The fourth-order valence-corrected chi connectivity index (χ4v) is 1.55. The van der Waals surface area contributed by atoms with E-state index in [0.717, 1.165) is 12.8 Å². The molecular formula is C10H17NO3. The lowest BCUT2D eigenvalue weighted by Crippen LogP contribution is -2.41. The van der Waals surface area contributed by atoms with E-state index < -0.39 is 12.0 Å². The van der Waals surface area contributed by atoms with Gasteiger partial charge in [0.05, 0.1) is 0 Å². The molecule has 2 N–H and O–H groups in total. The molecule has 4 heteroatoms. The lowest BCUT2D eigenvalue weighted by Gasteiger charge is -2.25. The van der Waals surface area contributed by atoms with Crippen LogP contribution >= 0.6 is 0 Å². The third-order valence-electron chi connectivity index (χ3n) is 2.74. The largest absolute Gasteiger partial charge is 0.480 e. The van der Waals surface area contributed by atoms with Gasteiger partial charge in [0.15, 0.2) is 0 Å². The van der Waals surface area contributed by atoms with Crippen molar-refractivity contribution in [1.29, 1.82) is 0 Å². The Balaban J connectivity index is 2.26. The van der Waals surface area contributed by atoms with E-state index in [1.54, 1.807) is 6.92 Å². The van der Waals surface area contributed by atoms with E-state index in [4.69, 9.17) is 5.11 Å². The van der Waals surface area contributed by atoms with E-state index >= 15 is 0 Å². The molecule has 4 nitrogen and oxygen atoms in total. The first-order chi connectivity index (χ1) is 6.63. The van der Waals surface area contributed by atoms with Crippen LogP contribution in [0.1, 0.15) is 39.0 Å². The van der Waals surface area contributed by atoms with Gasteiger partial charge in [-0.05, 0) is 25.2 Å². The highest BCUT2D eigenvalue weighted by atomic mass is 16.4. The van der Waals surface area contributed by atoms with E-state index in [1.165, 1.54) is 6.42 Å². The van der Waals surface area contributed by atoms with Gasteiger partial charge in [-0.1, -0.05) is 13.3 Å². The molecule has 0 unspecified atom stereocenters. The highest BCUT2D eigenvalue weighted by Gasteiger charge is 2.23. The van der Waals surface area contributed by atoms with Crippen molar-refractivity contribution in [2.24, 2.45) is 5.92 Å². The molecule has 0 radical (unpaired) electrons. The standard InChI is InChI=1S/C10H17NO3/c1-2-8(10(13)14)11-9(12)6-7-4-3-5-7/h7-8H,2-6H2,1H3,(H,11,12)(H,13,14)/t8-/m1/s1. The summed E-state index contributed by atoms with van der Waals surface area (Å²) in [6, 6.07) is -0.720. The first kappa shape index (κ1) is 11.0. The molecule has 0 aromatic heterocycles. The molecule has 0 aliphatic heterocycles. The second-order valence-corrected chi connectivity index (χ2v) is 3.87. The summed E-state index contributed by atoms with van der Waals surface area (Å²) < 4.78 is 0. The van der Waals surface area contributed by atoms with Crippen molar-refractivity contribution in [3.8, 4) is 0 Å². The van der Waals surface area contributed by atoms with Crippen molar-refractivity contribution >= 4 is 11.9 Å². The summed E-state index contributed by atoms with van der Waals surface area (Å²) in [5, 5.41) is 11.2. The topological polar surface area (TPSA) is 66.4 Å². The van der Waals surface area contributed by atoms with E-state index in [1.807, 2.05) is 0 Å². The van der Waals surface area contributed by atoms with Crippen molar-refractivity contribution < 1.29 is 14.7 Å². The highest BCUT2D eigenvalue weighted by molar-refractivity contribution is 5.83. The van der Waals surface area contributed by atoms with Crippen molar-refractivity contribution in [1.82, 2.24) is 5.32 Å². The van der Waals surface area contributed by atoms with Crippen LogP contribution in [0.4, 0.5) is 0 Å². The van der Waals surface area contributed by atoms with Gasteiger partial charge in [-0.15, -0.1) is 0 Å². The Bertz CT molecular complexity index is 223. The fraction of sp³-hybridized carbons (Fsp3) is 0.800. The van der Waals surface area contributed by atoms with Gasteiger partial charge in [0.25, 0.3) is 0 Å². The normalized spacial score (nSPS) is 18.4. The molecule has 0 spiro atoms. The number of carboxylic acids is 1. The quantitative estimate of drug-likeness (QED) is 0.698. The molecule has 1 rings (SSSR count). The Hall–Kier alpha value is -1.06. The smallest absolute Gasteiger partial charge is 0.326 e. The van der Waals surface area contributed by atoms with Gasteiger partial charge < -0.3 is 10.4 Å². The van der Waals surface area contributed by atoms with Crippen LogP contribution < -0.4 is 5.32 Å². The molecule has 80 valence electrons. The summed E-state index contributed by atoms with van der Waals surface area (Å²) >= 11 is 0. The van der Waals surface area contributed by atoms with Gasteiger partial charge in [-0.25, -0.2) is 4.79 Å². The first-order valence-corrected chi connectivity index (χ1v) is 5.15. The predicted octanol–water partition coefficient (Wildman–Crippen LogP) is 1.16. The number of amides is 1. The van der Waals surface area contributed by atoms with Crippen LogP contribution in [-0.4, -0.2) is 23.0 Å². The van der Waals surface area contributed by atoms with Gasteiger partial charge in [0, 0.05) is 6.42 Å². The highest BCUT2D eigenvalue weighted by Crippen LogP contribution is 2.29.